The number of halogens is 9. The molecule has 0 aliphatic heterocycles. The van der Waals surface area contributed by atoms with Crippen LogP contribution in [0.25, 0.3) is 0 Å². The third-order valence-corrected chi connectivity index (χ3v) is 3.94. The molecule has 0 aromatic rings. The van der Waals surface area contributed by atoms with E-state index in [1.807, 2.05) is 0 Å². The second-order valence-electron chi connectivity index (χ2n) is 3.33. The summed E-state index contributed by atoms with van der Waals surface area (Å²) in [6.45, 7) is 0. The van der Waals surface area contributed by atoms with Crippen LogP contribution < -0.4 is 0 Å². The highest BCUT2D eigenvalue weighted by Crippen LogP contribution is 2.61. The lowest BCUT2D eigenvalue weighted by molar-refractivity contribution is -0.352. The van der Waals surface area contributed by atoms with E-state index in [2.05, 4.69) is 0 Å². The average Bonchev–Trinajstić information content (AvgIpc) is 1.64. The van der Waals surface area contributed by atoms with Crippen molar-refractivity contribution in [3.8, 4) is 0 Å². The molecule has 0 N–H and O–H groups in total. The Balaban J connectivity index is 6.82. The van der Waals surface area contributed by atoms with Gasteiger partial charge in [0.25, 0.3) is 4.75 Å². The van der Waals surface area contributed by atoms with Gasteiger partial charge in [0.15, 0.2) is 0 Å². The molecule has 0 atom stereocenters. The van der Waals surface area contributed by atoms with Gasteiger partial charge < -0.3 is 13.3 Å². The number of alkyl halides is 9. The largest absolute Gasteiger partial charge is 0.797 e. The first kappa shape index (κ1) is 17.4. The fourth-order valence-corrected chi connectivity index (χ4v) is 2.80. The molecule has 0 amide bonds. The smallest absolute Gasteiger partial charge is 0.419 e. The summed E-state index contributed by atoms with van der Waals surface area (Å²) in [6.07, 6.45) is -23.5. The van der Waals surface area contributed by atoms with Crippen molar-refractivity contribution < 1.29 is 52.8 Å². The quantitative estimate of drug-likeness (QED) is 0.697. The summed E-state index contributed by atoms with van der Waals surface area (Å²) in [5, 5.41) is 0. The number of sulfone groups is 3. The van der Waals surface area contributed by atoms with Crippen LogP contribution in [0, 0.1) is 0 Å². The molecule has 0 spiro atoms. The summed E-state index contributed by atoms with van der Waals surface area (Å²) >= 11 is 0. The van der Waals surface area contributed by atoms with Gasteiger partial charge in [0.2, 0.25) is 0 Å². The van der Waals surface area contributed by atoms with Crippen molar-refractivity contribution in [1.29, 1.82) is 0 Å². The molecule has 112 valence electrons. The normalized spacial score (nSPS) is 18.3. The van der Waals surface area contributed by atoms with Crippen molar-refractivity contribution in [3.05, 3.63) is 0 Å². The second-order valence-corrected chi connectivity index (χ2v) is 6.26. The summed E-state index contributed by atoms with van der Waals surface area (Å²) in [6, 6.07) is 0. The van der Waals surface area contributed by atoms with E-state index in [0.717, 1.165) is 0 Å². The SMILES string of the molecule is CS(=O)([O-])([O-])C(C(F)(F)F)(C(F)(F)F)C(F)(F)F. The van der Waals surface area contributed by atoms with E-state index in [4.69, 9.17) is 0 Å². The Morgan fingerprint density at radius 1 is 0.722 bits per heavy atom. The van der Waals surface area contributed by atoms with Gasteiger partial charge in [0, 0.05) is 0 Å². The molecule has 0 unspecified atom stereocenters. The lowest BCUT2D eigenvalue weighted by atomic mass is 10.1. The summed E-state index contributed by atoms with van der Waals surface area (Å²) in [7, 11) is -8.67. The molecular formula is C5H3F9O3S-2. The molecule has 0 radical (unpaired) electrons. The van der Waals surface area contributed by atoms with Crippen LogP contribution in [0.1, 0.15) is 0 Å². The summed E-state index contributed by atoms with van der Waals surface area (Å²) in [5.41, 5.74) is 0. The standard InChI is InChI=1S/C5H5F9O3S/c1-18(15,16,17)2(3(6,7)8,4(9,10)11)5(12,13)14/h1H3,(H2,15,16,17)/p-2. The van der Waals surface area contributed by atoms with E-state index in [-0.39, 0.29) is 0 Å². The Morgan fingerprint density at radius 2 is 0.889 bits per heavy atom. The fraction of sp³-hybridized carbons (Fsp3) is 1.00. The maximum atomic E-state index is 12.1. The second kappa shape index (κ2) is 3.50. The maximum absolute atomic E-state index is 12.1. The molecule has 0 rings (SSSR count). The fourth-order valence-electron chi connectivity index (χ4n) is 1.25. The Bertz CT molecular complexity index is 349. The Morgan fingerprint density at radius 3 is 0.889 bits per heavy atom. The Hall–Kier alpha value is -0.560. The van der Waals surface area contributed by atoms with Crippen molar-refractivity contribution in [3.63, 3.8) is 0 Å². The molecule has 0 saturated carbocycles. The molecule has 0 heterocycles. The van der Waals surface area contributed by atoms with Gasteiger partial charge >= 0.3 is 18.5 Å². The highest BCUT2D eigenvalue weighted by molar-refractivity contribution is 8.10. The first-order valence-corrected chi connectivity index (χ1v) is 5.79. The highest BCUT2D eigenvalue weighted by atomic mass is 32.3. The van der Waals surface area contributed by atoms with Crippen LogP contribution in [0.3, 0.4) is 0 Å². The molecule has 0 fully saturated rings. The van der Waals surface area contributed by atoms with Gasteiger partial charge in [-0.3, -0.25) is 0 Å². The lowest BCUT2D eigenvalue weighted by Crippen LogP contribution is -2.77. The van der Waals surface area contributed by atoms with Crippen LogP contribution in [0.5, 0.6) is 0 Å². The molecule has 0 aliphatic carbocycles. The first-order chi connectivity index (χ1) is 7.26. The molecule has 0 aliphatic rings. The average molecular weight is 314 g/mol. The van der Waals surface area contributed by atoms with E-state index in [1.165, 1.54) is 0 Å². The van der Waals surface area contributed by atoms with Crippen LogP contribution in [-0.4, -0.2) is 42.8 Å². The zero-order chi connectivity index (χ0) is 15.4. The van der Waals surface area contributed by atoms with Crippen molar-refractivity contribution in [2.75, 3.05) is 6.26 Å². The van der Waals surface area contributed by atoms with Crippen LogP contribution in [-0.2, 0) is 9.63 Å². The third-order valence-electron chi connectivity index (χ3n) is 1.88. The van der Waals surface area contributed by atoms with Gasteiger partial charge in [-0.2, -0.15) is 49.1 Å². The Labute approximate surface area is 93.0 Å². The van der Waals surface area contributed by atoms with E-state index < -0.39 is 39.2 Å². The summed E-state index contributed by atoms with van der Waals surface area (Å²) < 4.78 is 133. The van der Waals surface area contributed by atoms with E-state index >= 15 is 0 Å². The van der Waals surface area contributed by atoms with Crippen molar-refractivity contribution in [2.24, 2.45) is 0 Å². The Kier molecular flexibility index (Phi) is 3.40. The van der Waals surface area contributed by atoms with Crippen LogP contribution in [0.2, 0.25) is 0 Å². The van der Waals surface area contributed by atoms with Crippen LogP contribution in [0.4, 0.5) is 39.5 Å². The number of hydrogen-bond acceptors (Lipinski definition) is 3. The van der Waals surface area contributed by atoms with E-state index in [9.17, 15) is 52.8 Å². The van der Waals surface area contributed by atoms with Gasteiger partial charge in [-0.15, -0.1) is 0 Å². The number of rotatable bonds is 1. The monoisotopic (exact) mass is 314 g/mol. The van der Waals surface area contributed by atoms with Crippen molar-refractivity contribution >= 4 is 9.63 Å². The molecule has 0 saturated heterocycles. The first-order valence-electron chi connectivity index (χ1n) is 3.56. The minimum atomic E-state index is -8.67. The summed E-state index contributed by atoms with van der Waals surface area (Å²) in [5.74, 6) is 0. The zero-order valence-electron chi connectivity index (χ0n) is 8.03. The third kappa shape index (κ3) is 2.18. The van der Waals surface area contributed by atoms with Crippen molar-refractivity contribution in [1.82, 2.24) is 0 Å². The van der Waals surface area contributed by atoms with E-state index in [1.54, 1.807) is 0 Å². The highest BCUT2D eigenvalue weighted by Gasteiger charge is 2.87. The number of hydrogen-bond donors (Lipinski definition) is 0. The molecule has 0 aromatic heterocycles. The van der Waals surface area contributed by atoms with Gasteiger partial charge in [-0.05, 0) is 6.26 Å². The minimum absolute atomic E-state index is 1.29. The maximum Gasteiger partial charge on any atom is 0.419 e. The van der Waals surface area contributed by atoms with Crippen LogP contribution >= 0.6 is 0 Å². The summed E-state index contributed by atoms with van der Waals surface area (Å²) in [4.78, 5) is 0. The van der Waals surface area contributed by atoms with Gasteiger partial charge in [-0.1, -0.05) is 0 Å². The van der Waals surface area contributed by atoms with Gasteiger partial charge in [0.1, 0.15) is 0 Å². The van der Waals surface area contributed by atoms with Gasteiger partial charge in [-0.25, -0.2) is 0 Å². The molecule has 18 heavy (non-hydrogen) atoms. The molecule has 0 bridgehead atoms. The predicted octanol–water partition coefficient (Wildman–Crippen LogP) is 2.12. The van der Waals surface area contributed by atoms with Gasteiger partial charge in [0.05, 0.1) is 0 Å². The topological polar surface area (TPSA) is 63.2 Å². The van der Waals surface area contributed by atoms with Crippen molar-refractivity contribution in [2.45, 2.75) is 23.3 Å². The minimum Gasteiger partial charge on any atom is -0.797 e. The molecule has 0 aromatic carbocycles. The van der Waals surface area contributed by atoms with E-state index in [0.29, 0.717) is 0 Å². The molecule has 13 heteroatoms. The molecule has 3 nitrogen and oxygen atoms in total. The molecular weight excluding hydrogens is 311 g/mol. The zero-order valence-corrected chi connectivity index (χ0v) is 8.85. The predicted molar refractivity (Wildman–Crippen MR) is 36.5 cm³/mol. The lowest BCUT2D eigenvalue weighted by Gasteiger charge is -2.64. The van der Waals surface area contributed by atoms with Crippen LogP contribution in [0.15, 0.2) is 0 Å².